The van der Waals surface area contributed by atoms with Crippen molar-refractivity contribution in [3.05, 3.63) is 75.8 Å². The van der Waals surface area contributed by atoms with Crippen LogP contribution in [0.1, 0.15) is 24.1 Å². The summed E-state index contributed by atoms with van der Waals surface area (Å²) in [7, 11) is 1.65. The number of nitrogens with one attached hydrogen (secondary N) is 2. The Morgan fingerprint density at radius 2 is 1.85 bits per heavy atom. The predicted octanol–water partition coefficient (Wildman–Crippen LogP) is 3.66. The first-order chi connectivity index (χ1) is 12.6. The van der Waals surface area contributed by atoms with Crippen LogP contribution >= 0.6 is 24.0 Å². The second kappa shape index (κ2) is 12.2. The number of benzene rings is 2. The maximum atomic E-state index is 10.7. The lowest BCUT2D eigenvalue weighted by molar-refractivity contribution is -0.384. The van der Waals surface area contributed by atoms with Crippen LogP contribution in [0.15, 0.2) is 59.6 Å². The van der Waals surface area contributed by atoms with Gasteiger partial charge in [-0.2, -0.15) is 0 Å². The number of non-ortho nitro benzene ring substituents is 1. The van der Waals surface area contributed by atoms with Gasteiger partial charge in [0.05, 0.1) is 24.1 Å². The summed E-state index contributed by atoms with van der Waals surface area (Å²) >= 11 is 0. The summed E-state index contributed by atoms with van der Waals surface area (Å²) in [5.74, 6) is 0.664. The van der Waals surface area contributed by atoms with Crippen molar-refractivity contribution in [1.82, 2.24) is 10.6 Å². The molecular formula is C19H25IN4O3. The Balaban J connectivity index is 0.00000364. The molecule has 2 aromatic rings. The number of nitrogens with zero attached hydrogens (tertiary/aromatic N) is 2. The quantitative estimate of drug-likeness (QED) is 0.149. The maximum absolute atomic E-state index is 10.7. The van der Waals surface area contributed by atoms with Crippen molar-refractivity contribution in [1.29, 1.82) is 0 Å². The maximum Gasteiger partial charge on any atom is 0.269 e. The molecule has 2 N–H and O–H groups in total. The van der Waals surface area contributed by atoms with E-state index in [9.17, 15) is 10.1 Å². The van der Waals surface area contributed by atoms with E-state index in [-0.39, 0.29) is 35.7 Å². The molecule has 8 heteroatoms. The number of nitro groups is 1. The van der Waals surface area contributed by atoms with Crippen molar-refractivity contribution in [2.45, 2.75) is 19.5 Å². The Morgan fingerprint density at radius 3 is 2.44 bits per heavy atom. The van der Waals surface area contributed by atoms with Crippen LogP contribution in [0.3, 0.4) is 0 Å². The van der Waals surface area contributed by atoms with Crippen LogP contribution in [0.5, 0.6) is 0 Å². The normalized spacial score (nSPS) is 12.0. The number of methoxy groups -OCH3 is 1. The molecule has 7 nitrogen and oxygen atoms in total. The second-order valence-corrected chi connectivity index (χ2v) is 5.78. The lowest BCUT2D eigenvalue weighted by Gasteiger charge is -2.18. The summed E-state index contributed by atoms with van der Waals surface area (Å²) in [5.41, 5.74) is 2.13. The SMILES string of the molecule is COCCNC(=NCc1ccc([N+](=O)[O-])cc1)NC(C)c1ccccc1.I. The highest BCUT2D eigenvalue weighted by molar-refractivity contribution is 14.0. The molecule has 1 atom stereocenters. The monoisotopic (exact) mass is 484 g/mol. The van der Waals surface area contributed by atoms with Crippen molar-refractivity contribution >= 4 is 35.6 Å². The number of aliphatic imine (C=N–C) groups is 1. The van der Waals surface area contributed by atoms with Crippen LogP contribution in [0, 0.1) is 10.1 Å². The number of halogens is 1. The number of rotatable bonds is 8. The van der Waals surface area contributed by atoms with Gasteiger partial charge in [-0.1, -0.05) is 42.5 Å². The summed E-state index contributed by atoms with van der Waals surface area (Å²) < 4.78 is 5.07. The topological polar surface area (TPSA) is 88.8 Å². The molecule has 0 radical (unpaired) electrons. The van der Waals surface area contributed by atoms with Gasteiger partial charge in [0.25, 0.3) is 5.69 Å². The third-order valence-corrected chi connectivity index (χ3v) is 3.82. The van der Waals surface area contributed by atoms with Gasteiger partial charge in [0, 0.05) is 25.8 Å². The van der Waals surface area contributed by atoms with Crippen LogP contribution in [-0.2, 0) is 11.3 Å². The van der Waals surface area contributed by atoms with E-state index in [1.807, 2.05) is 18.2 Å². The molecule has 0 aromatic heterocycles. The highest BCUT2D eigenvalue weighted by atomic mass is 127. The fourth-order valence-electron chi connectivity index (χ4n) is 2.35. The van der Waals surface area contributed by atoms with Gasteiger partial charge in [0.1, 0.15) is 0 Å². The standard InChI is InChI=1S/C19H24N4O3.HI/c1-15(17-6-4-3-5-7-17)22-19(20-12-13-26-2)21-14-16-8-10-18(11-9-16)23(24)25;/h3-11,15H,12-14H2,1-2H3,(H2,20,21,22);1H. The van der Waals surface area contributed by atoms with Crippen LogP contribution < -0.4 is 10.6 Å². The molecule has 0 heterocycles. The molecule has 0 fully saturated rings. The van der Waals surface area contributed by atoms with Gasteiger partial charge in [0.15, 0.2) is 5.96 Å². The van der Waals surface area contributed by atoms with E-state index in [2.05, 4.69) is 34.7 Å². The van der Waals surface area contributed by atoms with E-state index in [4.69, 9.17) is 4.74 Å². The highest BCUT2D eigenvalue weighted by Crippen LogP contribution is 2.13. The second-order valence-electron chi connectivity index (χ2n) is 5.78. The van der Waals surface area contributed by atoms with Gasteiger partial charge in [-0.05, 0) is 18.1 Å². The number of hydrogen-bond acceptors (Lipinski definition) is 4. The number of nitro benzene ring substituents is 1. The lowest BCUT2D eigenvalue weighted by Crippen LogP contribution is -2.40. The first kappa shape index (κ1) is 22.8. The Hall–Kier alpha value is -2.20. The Kier molecular flexibility index (Phi) is 10.3. The summed E-state index contributed by atoms with van der Waals surface area (Å²) in [6, 6.07) is 16.6. The van der Waals surface area contributed by atoms with E-state index in [1.54, 1.807) is 19.2 Å². The van der Waals surface area contributed by atoms with Crippen molar-refractivity contribution in [3.63, 3.8) is 0 Å². The van der Waals surface area contributed by atoms with E-state index >= 15 is 0 Å². The van der Waals surface area contributed by atoms with Crippen molar-refractivity contribution in [2.75, 3.05) is 20.3 Å². The molecule has 0 aliphatic heterocycles. The van der Waals surface area contributed by atoms with E-state index in [0.29, 0.717) is 25.7 Å². The average Bonchev–Trinajstić information content (AvgIpc) is 2.67. The number of guanidine groups is 1. The molecule has 2 aromatic carbocycles. The molecule has 0 amide bonds. The molecule has 1 unspecified atom stereocenters. The molecule has 2 rings (SSSR count). The minimum absolute atomic E-state index is 0. The molecule has 0 aliphatic rings. The first-order valence-electron chi connectivity index (χ1n) is 8.42. The van der Waals surface area contributed by atoms with E-state index in [0.717, 1.165) is 11.1 Å². The molecule has 0 spiro atoms. The molecule has 0 aliphatic carbocycles. The van der Waals surface area contributed by atoms with Crippen molar-refractivity contribution in [2.24, 2.45) is 4.99 Å². The van der Waals surface area contributed by atoms with Gasteiger partial charge >= 0.3 is 0 Å². The fraction of sp³-hybridized carbons (Fsp3) is 0.316. The largest absolute Gasteiger partial charge is 0.383 e. The smallest absolute Gasteiger partial charge is 0.269 e. The zero-order valence-electron chi connectivity index (χ0n) is 15.4. The summed E-state index contributed by atoms with van der Waals surface area (Å²) in [4.78, 5) is 14.9. The van der Waals surface area contributed by atoms with Gasteiger partial charge in [-0.25, -0.2) is 4.99 Å². The fourth-order valence-corrected chi connectivity index (χ4v) is 2.35. The molecule has 0 saturated carbocycles. The zero-order valence-corrected chi connectivity index (χ0v) is 17.8. The van der Waals surface area contributed by atoms with Crippen LogP contribution in [-0.4, -0.2) is 31.1 Å². The Morgan fingerprint density at radius 1 is 1.19 bits per heavy atom. The van der Waals surface area contributed by atoms with Gasteiger partial charge < -0.3 is 15.4 Å². The van der Waals surface area contributed by atoms with Crippen LogP contribution in [0.25, 0.3) is 0 Å². The first-order valence-corrected chi connectivity index (χ1v) is 8.42. The Labute approximate surface area is 176 Å². The molecule has 146 valence electrons. The van der Waals surface area contributed by atoms with Crippen molar-refractivity contribution < 1.29 is 9.66 Å². The lowest BCUT2D eigenvalue weighted by atomic mass is 10.1. The van der Waals surface area contributed by atoms with Gasteiger partial charge in [-0.15, -0.1) is 24.0 Å². The van der Waals surface area contributed by atoms with Crippen LogP contribution in [0.2, 0.25) is 0 Å². The van der Waals surface area contributed by atoms with Gasteiger partial charge in [-0.3, -0.25) is 10.1 Å². The molecule has 27 heavy (non-hydrogen) atoms. The zero-order chi connectivity index (χ0) is 18.8. The summed E-state index contributed by atoms with van der Waals surface area (Å²) in [6.45, 7) is 3.68. The minimum Gasteiger partial charge on any atom is -0.383 e. The Bertz CT molecular complexity index is 723. The third-order valence-electron chi connectivity index (χ3n) is 3.82. The minimum atomic E-state index is -0.409. The van der Waals surface area contributed by atoms with E-state index in [1.165, 1.54) is 12.1 Å². The number of ether oxygens (including phenoxy) is 1. The molecule has 0 saturated heterocycles. The van der Waals surface area contributed by atoms with Crippen molar-refractivity contribution in [3.8, 4) is 0 Å². The average molecular weight is 484 g/mol. The van der Waals surface area contributed by atoms with Gasteiger partial charge in [0.2, 0.25) is 0 Å². The number of hydrogen-bond donors (Lipinski definition) is 2. The summed E-state index contributed by atoms with van der Waals surface area (Å²) in [5, 5.41) is 17.3. The van der Waals surface area contributed by atoms with E-state index < -0.39 is 4.92 Å². The third kappa shape index (κ3) is 7.92. The van der Waals surface area contributed by atoms with Crippen LogP contribution in [0.4, 0.5) is 5.69 Å². The molecular weight excluding hydrogens is 459 g/mol. The molecule has 0 bridgehead atoms. The summed E-state index contributed by atoms with van der Waals surface area (Å²) in [6.07, 6.45) is 0. The predicted molar refractivity (Wildman–Crippen MR) is 118 cm³/mol. The highest BCUT2D eigenvalue weighted by Gasteiger charge is 2.08.